The zero-order valence-electron chi connectivity index (χ0n) is 15.8. The molecule has 27 heavy (non-hydrogen) atoms. The van der Waals surface area contributed by atoms with Crippen LogP contribution in [0.1, 0.15) is 28.7 Å². The van der Waals surface area contributed by atoms with E-state index in [0.717, 1.165) is 12.1 Å². The lowest BCUT2D eigenvalue weighted by molar-refractivity contribution is -0.130. The molecule has 1 aliphatic heterocycles. The number of nitrogens with one attached hydrogen (secondary N) is 1. The maximum Gasteiger partial charge on any atom is 0.272 e. The second-order valence-corrected chi connectivity index (χ2v) is 6.68. The molecule has 0 spiro atoms. The molecule has 1 fully saturated rings. The first-order valence-electron chi connectivity index (χ1n) is 9.21. The van der Waals surface area contributed by atoms with Crippen molar-refractivity contribution in [3.05, 3.63) is 53.3 Å². The maximum absolute atomic E-state index is 12.8. The Morgan fingerprint density at radius 1 is 1.04 bits per heavy atom. The summed E-state index contributed by atoms with van der Waals surface area (Å²) in [5.41, 5.74) is 2.37. The third kappa shape index (κ3) is 5.03. The predicted octanol–water partition coefficient (Wildman–Crippen LogP) is 1.74. The van der Waals surface area contributed by atoms with Crippen LogP contribution >= 0.6 is 0 Å². The monoisotopic (exact) mass is 367 g/mol. The first kappa shape index (κ1) is 18.8. The van der Waals surface area contributed by atoms with Crippen molar-refractivity contribution in [1.29, 1.82) is 0 Å². The first-order chi connectivity index (χ1) is 13.0. The van der Waals surface area contributed by atoms with Crippen LogP contribution in [0.4, 0.5) is 5.95 Å². The van der Waals surface area contributed by atoms with Crippen molar-refractivity contribution in [2.45, 2.75) is 20.3 Å². The number of carbonyl (C=O) groups excluding carboxylic acids is 2. The molecule has 7 nitrogen and oxygen atoms in total. The molecule has 0 unspecified atom stereocenters. The molecule has 142 valence electrons. The second-order valence-electron chi connectivity index (χ2n) is 6.68. The molecule has 0 saturated carbocycles. The van der Waals surface area contributed by atoms with Gasteiger partial charge in [0.1, 0.15) is 5.69 Å². The maximum atomic E-state index is 12.8. The molecular weight excluding hydrogens is 342 g/mol. The minimum atomic E-state index is -0.116. The van der Waals surface area contributed by atoms with Crippen LogP contribution < -0.4 is 5.32 Å². The number of nitrogens with zero attached hydrogens (tertiary/aromatic N) is 4. The van der Waals surface area contributed by atoms with E-state index in [1.165, 1.54) is 5.56 Å². The van der Waals surface area contributed by atoms with Gasteiger partial charge in [0, 0.05) is 45.3 Å². The van der Waals surface area contributed by atoms with E-state index in [1.807, 2.05) is 25.1 Å². The summed E-state index contributed by atoms with van der Waals surface area (Å²) >= 11 is 0. The Morgan fingerprint density at radius 3 is 2.37 bits per heavy atom. The zero-order valence-corrected chi connectivity index (χ0v) is 15.8. The highest BCUT2D eigenvalue weighted by Gasteiger charge is 2.24. The fourth-order valence-corrected chi connectivity index (χ4v) is 3.11. The van der Waals surface area contributed by atoms with Gasteiger partial charge in [0.15, 0.2) is 0 Å². The van der Waals surface area contributed by atoms with Crippen molar-refractivity contribution in [3.8, 4) is 0 Å². The molecule has 7 heteroatoms. The lowest BCUT2D eigenvalue weighted by Gasteiger charge is -2.34. The summed E-state index contributed by atoms with van der Waals surface area (Å²) in [5, 5.41) is 3.21. The van der Waals surface area contributed by atoms with E-state index in [0.29, 0.717) is 44.4 Å². The van der Waals surface area contributed by atoms with Gasteiger partial charge in [0.25, 0.3) is 5.91 Å². The van der Waals surface area contributed by atoms with Crippen molar-refractivity contribution < 1.29 is 9.59 Å². The number of rotatable bonds is 5. The summed E-state index contributed by atoms with van der Waals surface area (Å²) in [6, 6.07) is 11.9. The van der Waals surface area contributed by atoms with Crippen LogP contribution in [0, 0.1) is 6.92 Å². The Hall–Kier alpha value is -2.96. The van der Waals surface area contributed by atoms with Crippen molar-refractivity contribution in [1.82, 2.24) is 19.8 Å². The van der Waals surface area contributed by atoms with E-state index >= 15 is 0 Å². The Labute approximate surface area is 159 Å². The lowest BCUT2D eigenvalue weighted by atomic mass is 10.1. The van der Waals surface area contributed by atoms with Gasteiger partial charge in [0.05, 0.1) is 0 Å². The Bertz CT molecular complexity index is 801. The molecule has 1 saturated heterocycles. The van der Waals surface area contributed by atoms with Crippen molar-refractivity contribution in [3.63, 3.8) is 0 Å². The summed E-state index contributed by atoms with van der Waals surface area (Å²) in [7, 11) is 0. The third-order valence-corrected chi connectivity index (χ3v) is 4.63. The van der Waals surface area contributed by atoms with Gasteiger partial charge in [0.2, 0.25) is 11.9 Å². The van der Waals surface area contributed by atoms with E-state index in [1.54, 1.807) is 22.8 Å². The summed E-state index contributed by atoms with van der Waals surface area (Å²) in [6.45, 7) is 6.28. The Balaban J connectivity index is 1.61. The van der Waals surface area contributed by atoms with Gasteiger partial charge in [-0.3, -0.25) is 9.59 Å². The largest absolute Gasteiger partial charge is 0.354 e. The molecule has 2 amide bonds. The van der Waals surface area contributed by atoms with Crippen LogP contribution in [-0.4, -0.2) is 64.3 Å². The number of amides is 2. The third-order valence-electron chi connectivity index (χ3n) is 4.63. The van der Waals surface area contributed by atoms with E-state index < -0.39 is 0 Å². The van der Waals surface area contributed by atoms with Gasteiger partial charge < -0.3 is 15.1 Å². The molecular formula is C20H25N5O2. The average Bonchev–Trinajstić information content (AvgIpc) is 2.68. The SMILES string of the molecule is CC(=O)N1CCN(C(=O)c2cc(C)nc(NCCc3ccccc3)n2)CC1. The Kier molecular flexibility index (Phi) is 6.01. The van der Waals surface area contributed by atoms with Crippen molar-refractivity contribution in [2.75, 3.05) is 38.0 Å². The van der Waals surface area contributed by atoms with Gasteiger partial charge in [-0.15, -0.1) is 0 Å². The van der Waals surface area contributed by atoms with Crippen LogP contribution in [-0.2, 0) is 11.2 Å². The minimum absolute atomic E-state index is 0.0462. The molecule has 1 aromatic carbocycles. The number of aryl methyl sites for hydroxylation is 1. The second kappa shape index (κ2) is 8.62. The van der Waals surface area contributed by atoms with Crippen molar-refractivity contribution >= 4 is 17.8 Å². The smallest absolute Gasteiger partial charge is 0.272 e. The topological polar surface area (TPSA) is 78.4 Å². The fraction of sp³-hybridized carbons (Fsp3) is 0.400. The lowest BCUT2D eigenvalue weighted by Crippen LogP contribution is -2.50. The molecule has 0 radical (unpaired) electrons. The van der Waals surface area contributed by atoms with Gasteiger partial charge >= 0.3 is 0 Å². The molecule has 0 atom stereocenters. The summed E-state index contributed by atoms with van der Waals surface area (Å²) in [4.78, 5) is 36.5. The molecule has 3 rings (SSSR count). The highest BCUT2D eigenvalue weighted by atomic mass is 16.2. The first-order valence-corrected chi connectivity index (χ1v) is 9.21. The van der Waals surface area contributed by atoms with Crippen LogP contribution in [0.3, 0.4) is 0 Å². The quantitative estimate of drug-likeness (QED) is 0.871. The molecule has 1 aliphatic rings. The molecule has 1 aromatic heterocycles. The zero-order chi connectivity index (χ0) is 19.2. The summed E-state index contributed by atoms with van der Waals surface area (Å²) in [5.74, 6) is 0.399. The highest BCUT2D eigenvalue weighted by molar-refractivity contribution is 5.93. The van der Waals surface area contributed by atoms with Gasteiger partial charge in [-0.05, 0) is 25.0 Å². The molecule has 0 bridgehead atoms. The van der Waals surface area contributed by atoms with Crippen molar-refractivity contribution in [2.24, 2.45) is 0 Å². The normalized spacial score (nSPS) is 14.1. The van der Waals surface area contributed by atoms with E-state index in [9.17, 15) is 9.59 Å². The number of aromatic nitrogens is 2. The predicted molar refractivity (Wildman–Crippen MR) is 104 cm³/mol. The van der Waals surface area contributed by atoms with E-state index in [-0.39, 0.29) is 11.8 Å². The standard InChI is InChI=1S/C20H25N5O2/c1-15-14-18(19(27)25-12-10-24(11-13-25)16(2)26)23-20(22-15)21-9-8-17-6-4-3-5-7-17/h3-7,14H,8-13H2,1-2H3,(H,21,22,23). The Morgan fingerprint density at radius 2 is 1.70 bits per heavy atom. The number of hydrogen-bond donors (Lipinski definition) is 1. The van der Waals surface area contributed by atoms with Crippen LogP contribution in [0.5, 0.6) is 0 Å². The average molecular weight is 367 g/mol. The number of hydrogen-bond acceptors (Lipinski definition) is 5. The molecule has 2 heterocycles. The van der Waals surface area contributed by atoms with E-state index in [4.69, 9.17) is 0 Å². The fourth-order valence-electron chi connectivity index (χ4n) is 3.11. The van der Waals surface area contributed by atoms with Crippen LogP contribution in [0.2, 0.25) is 0 Å². The number of carbonyl (C=O) groups is 2. The summed E-state index contributed by atoms with van der Waals surface area (Å²) < 4.78 is 0. The van der Waals surface area contributed by atoms with Gasteiger partial charge in [-0.25, -0.2) is 9.97 Å². The molecule has 0 aliphatic carbocycles. The summed E-state index contributed by atoms with van der Waals surface area (Å²) in [6.07, 6.45) is 0.856. The number of benzene rings is 1. The number of piperazine rings is 1. The van der Waals surface area contributed by atoms with Gasteiger partial charge in [-0.2, -0.15) is 0 Å². The number of anilines is 1. The van der Waals surface area contributed by atoms with Crippen LogP contribution in [0.15, 0.2) is 36.4 Å². The highest BCUT2D eigenvalue weighted by Crippen LogP contribution is 2.11. The van der Waals surface area contributed by atoms with Gasteiger partial charge in [-0.1, -0.05) is 30.3 Å². The molecule has 2 aromatic rings. The van der Waals surface area contributed by atoms with E-state index in [2.05, 4.69) is 27.4 Å². The molecule has 1 N–H and O–H groups in total. The van der Waals surface area contributed by atoms with Crippen LogP contribution in [0.25, 0.3) is 0 Å². The minimum Gasteiger partial charge on any atom is -0.354 e.